The zero-order valence-electron chi connectivity index (χ0n) is 14.7. The molecule has 0 unspecified atom stereocenters. The van der Waals surface area contributed by atoms with Crippen LogP contribution < -0.4 is 9.47 Å². The zero-order valence-corrected chi connectivity index (χ0v) is 14.7. The Morgan fingerprint density at radius 3 is 2.29 bits per heavy atom. The Bertz CT molecular complexity index is 956. The molecule has 144 valence electrons. The predicted octanol–water partition coefficient (Wildman–Crippen LogP) is 4.31. The highest BCUT2D eigenvalue weighted by Gasteiger charge is 2.31. The molecule has 0 bridgehead atoms. The topological polar surface area (TPSA) is 61.3 Å². The third-order valence-corrected chi connectivity index (χ3v) is 3.87. The average Bonchev–Trinajstić information content (AvgIpc) is 2.72. The van der Waals surface area contributed by atoms with Crippen molar-refractivity contribution in [3.8, 4) is 11.8 Å². The molecule has 0 N–H and O–H groups in total. The van der Waals surface area contributed by atoms with Crippen molar-refractivity contribution in [2.45, 2.75) is 12.8 Å². The largest absolute Gasteiger partial charge is 0.497 e. The molecule has 0 amide bonds. The minimum absolute atomic E-state index is 0.0522. The molecule has 1 heterocycles. The number of carbonyl (C=O) groups is 1. The molecule has 0 atom stereocenters. The maximum atomic E-state index is 12.8. The lowest BCUT2D eigenvalue weighted by Gasteiger charge is -2.08. The minimum Gasteiger partial charge on any atom is -0.497 e. The van der Waals surface area contributed by atoms with E-state index in [1.54, 1.807) is 19.2 Å². The SMILES string of the molecule is COc1ccc(COc2ncc(C(=O)c3cccc(C(F)(F)F)c3)cn2)cc1. The van der Waals surface area contributed by atoms with Crippen LogP contribution in [0.2, 0.25) is 0 Å². The maximum absolute atomic E-state index is 12.8. The van der Waals surface area contributed by atoms with Gasteiger partial charge in [-0.15, -0.1) is 0 Å². The fraction of sp³-hybridized carbons (Fsp3) is 0.150. The third-order valence-electron chi connectivity index (χ3n) is 3.87. The van der Waals surface area contributed by atoms with E-state index >= 15 is 0 Å². The quantitative estimate of drug-likeness (QED) is 0.589. The van der Waals surface area contributed by atoms with Gasteiger partial charge in [0.2, 0.25) is 0 Å². The number of carbonyl (C=O) groups excluding carboxylic acids is 1. The van der Waals surface area contributed by atoms with Crippen molar-refractivity contribution < 1.29 is 27.4 Å². The van der Waals surface area contributed by atoms with E-state index < -0.39 is 17.5 Å². The van der Waals surface area contributed by atoms with Gasteiger partial charge >= 0.3 is 12.2 Å². The summed E-state index contributed by atoms with van der Waals surface area (Å²) in [6.45, 7) is 0.213. The molecule has 3 aromatic rings. The number of nitrogens with zero attached hydrogens (tertiary/aromatic N) is 2. The highest BCUT2D eigenvalue weighted by atomic mass is 19.4. The summed E-state index contributed by atoms with van der Waals surface area (Å²) in [5.74, 6) is 0.116. The Kier molecular flexibility index (Phi) is 5.58. The number of alkyl halides is 3. The van der Waals surface area contributed by atoms with Crippen LogP contribution in [0, 0.1) is 0 Å². The molecule has 0 saturated carbocycles. The highest BCUT2D eigenvalue weighted by molar-refractivity contribution is 6.08. The van der Waals surface area contributed by atoms with Gasteiger partial charge in [0.1, 0.15) is 12.4 Å². The Hall–Kier alpha value is -3.42. The molecule has 5 nitrogen and oxygen atoms in total. The Morgan fingerprint density at radius 1 is 1.00 bits per heavy atom. The predicted molar refractivity (Wildman–Crippen MR) is 94.2 cm³/mol. The Morgan fingerprint density at radius 2 is 1.68 bits per heavy atom. The fourth-order valence-corrected chi connectivity index (χ4v) is 2.38. The van der Waals surface area contributed by atoms with Crippen LogP contribution in [0.15, 0.2) is 60.9 Å². The molecule has 2 aromatic carbocycles. The molecule has 0 radical (unpaired) electrons. The second-order valence-corrected chi connectivity index (χ2v) is 5.80. The number of aromatic nitrogens is 2. The molecule has 28 heavy (non-hydrogen) atoms. The van der Waals surface area contributed by atoms with Crippen LogP contribution in [-0.2, 0) is 12.8 Å². The van der Waals surface area contributed by atoms with E-state index in [1.807, 2.05) is 12.1 Å². The van der Waals surface area contributed by atoms with Crippen LogP contribution in [0.1, 0.15) is 27.0 Å². The van der Waals surface area contributed by atoms with Gasteiger partial charge in [-0.2, -0.15) is 13.2 Å². The van der Waals surface area contributed by atoms with Crippen molar-refractivity contribution in [2.24, 2.45) is 0 Å². The summed E-state index contributed by atoms with van der Waals surface area (Å²) in [5, 5.41) is 0. The van der Waals surface area contributed by atoms with E-state index in [1.165, 1.54) is 24.5 Å². The van der Waals surface area contributed by atoms with Gasteiger partial charge in [-0.05, 0) is 29.8 Å². The maximum Gasteiger partial charge on any atom is 0.416 e. The second-order valence-electron chi connectivity index (χ2n) is 5.80. The molecule has 0 fully saturated rings. The van der Waals surface area contributed by atoms with Crippen molar-refractivity contribution in [2.75, 3.05) is 7.11 Å². The molecule has 0 spiro atoms. The average molecular weight is 388 g/mol. The summed E-state index contributed by atoms with van der Waals surface area (Å²) >= 11 is 0. The van der Waals surface area contributed by atoms with Crippen molar-refractivity contribution in [1.29, 1.82) is 0 Å². The first-order chi connectivity index (χ1) is 13.4. The molecule has 8 heteroatoms. The first kappa shape index (κ1) is 19.3. The smallest absolute Gasteiger partial charge is 0.416 e. The van der Waals surface area contributed by atoms with Crippen LogP contribution in [0.3, 0.4) is 0 Å². The van der Waals surface area contributed by atoms with Gasteiger partial charge < -0.3 is 9.47 Å². The minimum atomic E-state index is -4.52. The Labute approximate surface area is 158 Å². The number of methoxy groups -OCH3 is 1. The zero-order chi connectivity index (χ0) is 20.1. The van der Waals surface area contributed by atoms with E-state index in [0.717, 1.165) is 23.4 Å². The number of hydrogen-bond donors (Lipinski definition) is 0. The summed E-state index contributed by atoms with van der Waals surface area (Å²) in [5.41, 5.74) is -0.0475. The van der Waals surface area contributed by atoms with Gasteiger partial charge in [-0.1, -0.05) is 24.3 Å². The number of benzene rings is 2. The third kappa shape index (κ3) is 4.64. The van der Waals surface area contributed by atoms with Gasteiger partial charge in [-0.25, -0.2) is 9.97 Å². The first-order valence-corrected chi connectivity index (χ1v) is 8.16. The number of ketones is 1. The molecule has 0 aliphatic heterocycles. The van der Waals surface area contributed by atoms with Crippen molar-refractivity contribution >= 4 is 5.78 Å². The van der Waals surface area contributed by atoms with Gasteiger partial charge in [0.25, 0.3) is 0 Å². The van der Waals surface area contributed by atoms with E-state index in [2.05, 4.69) is 9.97 Å². The van der Waals surface area contributed by atoms with Gasteiger partial charge in [0.05, 0.1) is 18.2 Å². The number of hydrogen-bond acceptors (Lipinski definition) is 5. The number of halogens is 3. The van der Waals surface area contributed by atoms with Crippen LogP contribution in [0.25, 0.3) is 0 Å². The van der Waals surface area contributed by atoms with E-state index in [9.17, 15) is 18.0 Å². The lowest BCUT2D eigenvalue weighted by molar-refractivity contribution is -0.137. The highest BCUT2D eigenvalue weighted by Crippen LogP contribution is 2.30. The Balaban J connectivity index is 1.67. The molecule has 1 aromatic heterocycles. The molecule has 3 rings (SSSR count). The molecule has 0 aliphatic carbocycles. The first-order valence-electron chi connectivity index (χ1n) is 8.16. The molecular weight excluding hydrogens is 373 g/mol. The summed E-state index contributed by atoms with van der Waals surface area (Å²) < 4.78 is 48.9. The van der Waals surface area contributed by atoms with Crippen molar-refractivity contribution in [3.63, 3.8) is 0 Å². The van der Waals surface area contributed by atoms with Crippen LogP contribution in [0.5, 0.6) is 11.8 Å². The van der Waals surface area contributed by atoms with Gasteiger partial charge in [0.15, 0.2) is 5.78 Å². The van der Waals surface area contributed by atoms with Crippen molar-refractivity contribution in [3.05, 3.63) is 83.2 Å². The lowest BCUT2D eigenvalue weighted by atomic mass is 10.0. The lowest BCUT2D eigenvalue weighted by Crippen LogP contribution is -2.09. The molecule has 0 saturated heterocycles. The van der Waals surface area contributed by atoms with E-state index in [4.69, 9.17) is 9.47 Å². The summed E-state index contributed by atoms with van der Waals surface area (Å²) in [6.07, 6.45) is -2.08. The number of ether oxygens (including phenoxy) is 2. The number of rotatable bonds is 6. The monoisotopic (exact) mass is 388 g/mol. The summed E-state index contributed by atoms with van der Waals surface area (Å²) in [6, 6.07) is 11.5. The fourth-order valence-electron chi connectivity index (χ4n) is 2.38. The van der Waals surface area contributed by atoms with Crippen LogP contribution >= 0.6 is 0 Å². The summed E-state index contributed by atoms with van der Waals surface area (Å²) in [7, 11) is 1.57. The molecular formula is C20H15F3N2O3. The molecule has 0 aliphatic rings. The van der Waals surface area contributed by atoms with E-state index in [0.29, 0.717) is 0 Å². The standard InChI is InChI=1S/C20H15F3N2O3/c1-27-17-7-5-13(6-8-17)12-28-19-24-10-15(11-25-19)18(26)14-3-2-4-16(9-14)20(21,22)23/h2-11H,12H2,1H3. The normalized spacial score (nSPS) is 11.1. The van der Waals surface area contributed by atoms with Crippen LogP contribution in [0.4, 0.5) is 13.2 Å². The van der Waals surface area contributed by atoms with Gasteiger partial charge in [-0.3, -0.25) is 4.79 Å². The van der Waals surface area contributed by atoms with Crippen LogP contribution in [-0.4, -0.2) is 22.9 Å². The van der Waals surface area contributed by atoms with Gasteiger partial charge in [0, 0.05) is 18.0 Å². The second kappa shape index (κ2) is 8.08. The van der Waals surface area contributed by atoms with Crippen molar-refractivity contribution in [1.82, 2.24) is 9.97 Å². The summed E-state index contributed by atoms with van der Waals surface area (Å²) in [4.78, 5) is 20.3. The van der Waals surface area contributed by atoms with E-state index in [-0.39, 0.29) is 23.7 Å².